The van der Waals surface area contributed by atoms with Gasteiger partial charge in [-0.15, -0.1) is 12.4 Å². The standard InChI is InChI=1S/C11H15NO2.C7H6O.C4H9NO2.CH4.ClH/c1-9(11(13)14-2)12-8-10-6-4-3-5-7-10;8-6-7-4-2-1-3-5-7;1-3(5)4(6)7-2;;/h3-7,9,12H,8H2,1-2H3;1-6H;3H,5H2,1-2H3;1H4;1H/t9-;;3-;;/m1.1../s1. The smallest absolute Gasteiger partial charge is 0.322 e. The monoisotopic (exact) mass is 454 g/mol. The first-order valence-corrected chi connectivity index (χ1v) is 9.04. The van der Waals surface area contributed by atoms with Gasteiger partial charge in [-0.05, 0) is 19.4 Å². The van der Waals surface area contributed by atoms with E-state index >= 15 is 0 Å². The summed E-state index contributed by atoms with van der Waals surface area (Å²) in [6.07, 6.45) is 0.833. The van der Waals surface area contributed by atoms with Crippen molar-refractivity contribution in [2.75, 3.05) is 14.2 Å². The van der Waals surface area contributed by atoms with Gasteiger partial charge in [0, 0.05) is 12.1 Å². The Kier molecular flexibility index (Phi) is 21.8. The molecule has 7 nitrogen and oxygen atoms in total. The van der Waals surface area contributed by atoms with Crippen molar-refractivity contribution in [3.8, 4) is 0 Å². The second-order valence-electron chi connectivity index (χ2n) is 5.95. The minimum Gasteiger partial charge on any atom is -0.468 e. The van der Waals surface area contributed by atoms with Crippen LogP contribution in [0.3, 0.4) is 0 Å². The van der Waals surface area contributed by atoms with E-state index < -0.39 is 6.04 Å². The molecule has 0 heterocycles. The third kappa shape index (κ3) is 16.7. The summed E-state index contributed by atoms with van der Waals surface area (Å²) >= 11 is 0. The number of aldehydes is 1. The first-order valence-electron chi connectivity index (χ1n) is 9.04. The molecule has 0 fully saturated rings. The molecule has 0 aliphatic heterocycles. The number of nitrogens with one attached hydrogen (secondary N) is 1. The maximum absolute atomic E-state index is 11.0. The lowest BCUT2D eigenvalue weighted by Gasteiger charge is -2.10. The molecule has 174 valence electrons. The molecule has 2 atom stereocenters. The van der Waals surface area contributed by atoms with Crippen molar-refractivity contribution in [2.45, 2.75) is 39.9 Å². The summed E-state index contributed by atoms with van der Waals surface area (Å²) in [5, 5.41) is 3.08. The van der Waals surface area contributed by atoms with E-state index in [4.69, 9.17) is 5.73 Å². The zero-order chi connectivity index (χ0) is 22.1. The van der Waals surface area contributed by atoms with Crippen LogP contribution in [0.25, 0.3) is 0 Å². The van der Waals surface area contributed by atoms with Crippen LogP contribution in [0.2, 0.25) is 0 Å². The van der Waals surface area contributed by atoms with Crippen LogP contribution in [0.4, 0.5) is 0 Å². The van der Waals surface area contributed by atoms with Crippen molar-refractivity contribution >= 4 is 30.6 Å². The van der Waals surface area contributed by atoms with Crippen LogP contribution in [0.5, 0.6) is 0 Å². The third-order valence-electron chi connectivity index (χ3n) is 3.52. The molecule has 8 heteroatoms. The highest BCUT2D eigenvalue weighted by Gasteiger charge is 2.11. The molecule has 0 aromatic heterocycles. The number of nitrogens with two attached hydrogens (primary N) is 1. The molecule has 0 saturated heterocycles. The number of rotatable bonds is 6. The first kappa shape index (κ1) is 32.9. The minimum absolute atomic E-state index is 0. The summed E-state index contributed by atoms with van der Waals surface area (Å²) in [6.45, 7) is 4.04. The molecule has 0 saturated carbocycles. The summed E-state index contributed by atoms with van der Waals surface area (Å²) < 4.78 is 8.85. The number of esters is 2. The van der Waals surface area contributed by atoms with E-state index in [1.165, 1.54) is 14.2 Å². The fourth-order valence-corrected chi connectivity index (χ4v) is 1.84. The van der Waals surface area contributed by atoms with E-state index in [9.17, 15) is 14.4 Å². The van der Waals surface area contributed by atoms with Crippen LogP contribution in [-0.4, -0.2) is 44.5 Å². The Hall–Kier alpha value is -2.74. The Balaban J connectivity index is -0.000000398. The number of carbonyl (C=O) groups is 3. The number of hydrogen-bond acceptors (Lipinski definition) is 7. The number of ether oxygens (including phenoxy) is 2. The number of benzene rings is 2. The molecule has 0 aliphatic carbocycles. The molecule has 2 rings (SSSR count). The van der Waals surface area contributed by atoms with E-state index in [-0.39, 0.29) is 37.8 Å². The second-order valence-corrected chi connectivity index (χ2v) is 5.95. The molecule has 0 bridgehead atoms. The van der Waals surface area contributed by atoms with Crippen molar-refractivity contribution in [2.24, 2.45) is 5.73 Å². The Bertz CT molecular complexity index is 712. The van der Waals surface area contributed by atoms with Gasteiger partial charge in [-0.1, -0.05) is 68.1 Å². The molecule has 0 spiro atoms. The van der Waals surface area contributed by atoms with Crippen LogP contribution in [0, 0.1) is 0 Å². The summed E-state index contributed by atoms with van der Waals surface area (Å²) in [7, 11) is 2.70. The van der Waals surface area contributed by atoms with E-state index in [1.54, 1.807) is 26.0 Å². The Morgan fingerprint density at radius 2 is 1.39 bits per heavy atom. The van der Waals surface area contributed by atoms with Gasteiger partial charge in [-0.2, -0.15) is 0 Å². The molecule has 31 heavy (non-hydrogen) atoms. The Morgan fingerprint density at radius 3 is 1.71 bits per heavy atom. The van der Waals surface area contributed by atoms with E-state index in [0.717, 1.165) is 17.4 Å². The second kappa shape index (κ2) is 20.5. The predicted molar refractivity (Wildman–Crippen MR) is 126 cm³/mol. The van der Waals surface area contributed by atoms with Gasteiger partial charge in [-0.25, -0.2) is 0 Å². The lowest BCUT2D eigenvalue weighted by atomic mass is 10.2. The topological polar surface area (TPSA) is 108 Å². The van der Waals surface area contributed by atoms with E-state index in [0.29, 0.717) is 6.54 Å². The number of hydrogen-bond donors (Lipinski definition) is 2. The number of methoxy groups -OCH3 is 2. The first-order chi connectivity index (χ1) is 13.8. The van der Waals surface area contributed by atoms with Crippen LogP contribution in [-0.2, 0) is 25.6 Å². The molecule has 2 aromatic carbocycles. The van der Waals surface area contributed by atoms with Crippen LogP contribution < -0.4 is 11.1 Å². The molecular formula is C23H35ClN2O5. The summed E-state index contributed by atoms with van der Waals surface area (Å²) in [5.74, 6) is -0.610. The van der Waals surface area contributed by atoms with Gasteiger partial charge in [0.15, 0.2) is 0 Å². The predicted octanol–water partition coefficient (Wildman–Crippen LogP) is 3.40. The summed E-state index contributed by atoms with van der Waals surface area (Å²) in [6, 6.07) is 18.3. The molecule has 2 aromatic rings. The average molecular weight is 455 g/mol. The molecule has 0 amide bonds. The van der Waals surface area contributed by atoms with Crippen molar-refractivity contribution in [1.29, 1.82) is 0 Å². The maximum Gasteiger partial charge on any atom is 0.322 e. The highest BCUT2D eigenvalue weighted by atomic mass is 35.5. The fourth-order valence-electron chi connectivity index (χ4n) is 1.84. The molecular weight excluding hydrogens is 420 g/mol. The normalized spacial score (nSPS) is 10.6. The van der Waals surface area contributed by atoms with Crippen LogP contribution in [0.1, 0.15) is 37.2 Å². The molecule has 0 radical (unpaired) electrons. The molecule has 0 unspecified atom stereocenters. The largest absolute Gasteiger partial charge is 0.468 e. The van der Waals surface area contributed by atoms with Gasteiger partial charge in [-0.3, -0.25) is 14.4 Å². The van der Waals surface area contributed by atoms with E-state index in [2.05, 4.69) is 14.8 Å². The maximum atomic E-state index is 11.0. The Morgan fingerprint density at radius 1 is 0.935 bits per heavy atom. The quantitative estimate of drug-likeness (QED) is 0.508. The van der Waals surface area contributed by atoms with Gasteiger partial charge in [0.1, 0.15) is 18.4 Å². The van der Waals surface area contributed by atoms with Crippen molar-refractivity contribution in [3.63, 3.8) is 0 Å². The van der Waals surface area contributed by atoms with Crippen molar-refractivity contribution in [3.05, 3.63) is 71.8 Å². The highest BCUT2D eigenvalue weighted by Crippen LogP contribution is 1.98. The van der Waals surface area contributed by atoms with Gasteiger partial charge in [0.05, 0.1) is 14.2 Å². The van der Waals surface area contributed by atoms with Crippen LogP contribution in [0.15, 0.2) is 60.7 Å². The minimum atomic E-state index is -0.495. The van der Waals surface area contributed by atoms with Gasteiger partial charge < -0.3 is 20.5 Å². The summed E-state index contributed by atoms with van der Waals surface area (Å²) in [4.78, 5) is 31.2. The lowest BCUT2D eigenvalue weighted by molar-refractivity contribution is -0.143. The van der Waals surface area contributed by atoms with Gasteiger partial charge in [0.25, 0.3) is 0 Å². The highest BCUT2D eigenvalue weighted by molar-refractivity contribution is 5.85. The zero-order valence-corrected chi connectivity index (χ0v) is 18.6. The number of halogens is 1. The van der Waals surface area contributed by atoms with Gasteiger partial charge in [0.2, 0.25) is 0 Å². The van der Waals surface area contributed by atoms with Crippen molar-refractivity contribution in [1.82, 2.24) is 5.32 Å². The number of carbonyl (C=O) groups excluding carboxylic acids is 3. The summed E-state index contributed by atoms with van der Waals surface area (Å²) in [5.41, 5.74) is 6.96. The van der Waals surface area contributed by atoms with Gasteiger partial charge >= 0.3 is 11.9 Å². The Labute approximate surface area is 191 Å². The SMILES string of the molecule is C.COC(=O)[C@@H](C)N.COC(=O)[C@@H](C)NCc1ccccc1.Cl.O=Cc1ccccc1. The third-order valence-corrected chi connectivity index (χ3v) is 3.52. The van der Waals surface area contributed by atoms with E-state index in [1.807, 2.05) is 48.5 Å². The molecule has 3 N–H and O–H groups in total. The van der Waals surface area contributed by atoms with Crippen LogP contribution >= 0.6 is 12.4 Å². The zero-order valence-electron chi connectivity index (χ0n) is 17.7. The van der Waals surface area contributed by atoms with Crippen molar-refractivity contribution < 1.29 is 23.9 Å². The fraction of sp³-hybridized carbons (Fsp3) is 0.348. The lowest BCUT2D eigenvalue weighted by Crippen LogP contribution is -2.34. The average Bonchev–Trinajstić information content (AvgIpc) is 2.78. The molecule has 0 aliphatic rings.